The minimum absolute atomic E-state index is 0.0437. The van der Waals surface area contributed by atoms with Gasteiger partial charge in [0.2, 0.25) is 5.91 Å². The molecule has 32 heavy (non-hydrogen) atoms. The van der Waals surface area contributed by atoms with Crippen LogP contribution in [0.15, 0.2) is 18.2 Å². The topological polar surface area (TPSA) is 103 Å². The van der Waals surface area contributed by atoms with E-state index in [0.29, 0.717) is 44.1 Å². The van der Waals surface area contributed by atoms with Gasteiger partial charge in [-0.05, 0) is 62.0 Å². The van der Waals surface area contributed by atoms with E-state index in [1.54, 1.807) is 0 Å². The fraction of sp³-hybridized carbons (Fsp3) is 0.667. The zero-order valence-electron chi connectivity index (χ0n) is 18.3. The van der Waals surface area contributed by atoms with Crippen LogP contribution in [0.2, 0.25) is 0 Å². The maximum absolute atomic E-state index is 13.2. The zero-order chi connectivity index (χ0) is 21.9. The van der Waals surface area contributed by atoms with Crippen molar-refractivity contribution in [3.8, 4) is 11.5 Å². The first-order valence-electron chi connectivity index (χ1n) is 11.9. The second-order valence-electron chi connectivity index (χ2n) is 10.3. The van der Waals surface area contributed by atoms with Gasteiger partial charge in [-0.3, -0.25) is 9.59 Å². The third-order valence-corrected chi connectivity index (χ3v) is 8.35. The molecule has 2 heterocycles. The predicted molar refractivity (Wildman–Crippen MR) is 116 cm³/mol. The van der Waals surface area contributed by atoms with E-state index in [4.69, 9.17) is 19.9 Å². The summed E-state index contributed by atoms with van der Waals surface area (Å²) in [5.41, 5.74) is 6.47. The molecule has 7 rings (SSSR count). The summed E-state index contributed by atoms with van der Waals surface area (Å²) >= 11 is 0. The summed E-state index contributed by atoms with van der Waals surface area (Å²) in [6, 6.07) is 6.04. The highest BCUT2D eigenvalue weighted by Crippen LogP contribution is 2.59. The van der Waals surface area contributed by atoms with Gasteiger partial charge in [0, 0.05) is 29.8 Å². The summed E-state index contributed by atoms with van der Waals surface area (Å²) in [7, 11) is 0. The smallest absolute Gasteiger partial charge is 0.251 e. The van der Waals surface area contributed by atoms with Crippen LogP contribution in [-0.4, -0.2) is 56.9 Å². The third-order valence-electron chi connectivity index (χ3n) is 8.35. The van der Waals surface area contributed by atoms with E-state index in [9.17, 15) is 9.59 Å². The minimum atomic E-state index is -0.515. The maximum atomic E-state index is 13.2. The van der Waals surface area contributed by atoms with Crippen molar-refractivity contribution >= 4 is 17.5 Å². The Bertz CT molecular complexity index is 920. The summed E-state index contributed by atoms with van der Waals surface area (Å²) < 4.78 is 17.2. The summed E-state index contributed by atoms with van der Waals surface area (Å²) in [6.45, 7) is 2.84. The van der Waals surface area contributed by atoms with Crippen molar-refractivity contribution in [3.05, 3.63) is 18.2 Å². The molecule has 6 aliphatic rings. The Balaban J connectivity index is 1.13. The molecule has 1 aromatic rings. The predicted octanol–water partition coefficient (Wildman–Crippen LogP) is 1.46. The van der Waals surface area contributed by atoms with Crippen LogP contribution < -0.4 is 25.4 Å². The van der Waals surface area contributed by atoms with E-state index < -0.39 is 6.10 Å². The lowest BCUT2D eigenvalue weighted by atomic mass is 9.47. The largest absolute Gasteiger partial charge is 0.486 e. The SMILES string of the molecule is NC(=O)C12CC3CC(C1)C(NC(=O)[C@H]1CN(c4ccc5c(c4)OCCO5)CCO1)C(C3)C2. The Morgan fingerprint density at radius 2 is 1.78 bits per heavy atom. The van der Waals surface area contributed by atoms with Crippen molar-refractivity contribution in [2.75, 3.05) is 37.8 Å². The lowest BCUT2D eigenvalue weighted by Crippen LogP contribution is -2.63. The molecule has 0 radical (unpaired) electrons. The fourth-order valence-corrected chi connectivity index (χ4v) is 7.09. The lowest BCUT2D eigenvalue weighted by Gasteiger charge is -2.59. The van der Waals surface area contributed by atoms with E-state index in [1.165, 1.54) is 0 Å². The van der Waals surface area contributed by atoms with Crippen molar-refractivity contribution in [2.24, 2.45) is 28.9 Å². The molecule has 3 N–H and O–H groups in total. The van der Waals surface area contributed by atoms with Crippen LogP contribution >= 0.6 is 0 Å². The molecule has 4 bridgehead atoms. The van der Waals surface area contributed by atoms with Crippen LogP contribution in [-0.2, 0) is 14.3 Å². The number of carbonyl (C=O) groups excluding carboxylic acids is 2. The van der Waals surface area contributed by atoms with Crippen molar-refractivity contribution < 1.29 is 23.8 Å². The zero-order valence-corrected chi connectivity index (χ0v) is 18.3. The number of fused-ring (bicyclic) bond motifs is 1. The first-order chi connectivity index (χ1) is 15.5. The van der Waals surface area contributed by atoms with Gasteiger partial charge >= 0.3 is 0 Å². The third kappa shape index (κ3) is 3.31. The van der Waals surface area contributed by atoms with Gasteiger partial charge in [0.25, 0.3) is 5.91 Å². The number of morpholine rings is 1. The normalized spacial score (nSPS) is 37.2. The molecular formula is C24H31N3O5. The lowest BCUT2D eigenvalue weighted by molar-refractivity contribution is -0.149. The van der Waals surface area contributed by atoms with Crippen LogP contribution in [0.5, 0.6) is 11.5 Å². The van der Waals surface area contributed by atoms with Crippen molar-refractivity contribution in [2.45, 2.75) is 44.2 Å². The average molecular weight is 442 g/mol. The molecule has 8 heteroatoms. The number of rotatable bonds is 4. The molecule has 4 saturated carbocycles. The Morgan fingerprint density at radius 1 is 1.03 bits per heavy atom. The molecule has 0 aromatic heterocycles. The molecule has 3 atom stereocenters. The fourth-order valence-electron chi connectivity index (χ4n) is 7.09. The highest BCUT2D eigenvalue weighted by atomic mass is 16.6. The number of nitrogens with zero attached hydrogens (tertiary/aromatic N) is 1. The molecule has 1 aromatic carbocycles. The van der Waals surface area contributed by atoms with E-state index in [2.05, 4.69) is 10.2 Å². The van der Waals surface area contributed by atoms with Gasteiger partial charge < -0.3 is 30.2 Å². The Labute approximate surface area is 187 Å². The number of hydrogen-bond donors (Lipinski definition) is 2. The quantitative estimate of drug-likeness (QED) is 0.733. The van der Waals surface area contributed by atoms with Gasteiger partial charge in [-0.15, -0.1) is 0 Å². The van der Waals surface area contributed by atoms with Gasteiger partial charge in [-0.1, -0.05) is 0 Å². The highest BCUT2D eigenvalue weighted by Gasteiger charge is 2.58. The summed E-state index contributed by atoms with van der Waals surface area (Å²) in [5, 5.41) is 3.32. The minimum Gasteiger partial charge on any atom is -0.486 e. The molecule has 2 amide bonds. The monoisotopic (exact) mass is 441 g/mol. The van der Waals surface area contributed by atoms with E-state index >= 15 is 0 Å². The van der Waals surface area contributed by atoms with Crippen molar-refractivity contribution in [1.29, 1.82) is 0 Å². The van der Waals surface area contributed by atoms with Gasteiger partial charge in [-0.25, -0.2) is 0 Å². The van der Waals surface area contributed by atoms with Gasteiger partial charge in [0.1, 0.15) is 13.2 Å². The van der Waals surface area contributed by atoms with Crippen LogP contribution in [0.4, 0.5) is 5.69 Å². The van der Waals surface area contributed by atoms with E-state index in [-0.39, 0.29) is 23.3 Å². The van der Waals surface area contributed by atoms with Crippen molar-refractivity contribution in [3.63, 3.8) is 0 Å². The van der Waals surface area contributed by atoms with E-state index in [1.807, 2.05) is 18.2 Å². The second kappa shape index (κ2) is 7.54. The Morgan fingerprint density at radius 3 is 2.53 bits per heavy atom. The van der Waals surface area contributed by atoms with Crippen LogP contribution in [0, 0.1) is 23.2 Å². The standard InChI is InChI=1S/C24H31N3O5/c25-23(29)24-10-14-7-15(11-24)21(16(8-14)12-24)26-22(28)20-13-27(3-4-30-20)17-1-2-18-19(9-17)32-6-5-31-18/h1-2,9,14-16,20-21H,3-8,10-13H2,(H2,25,29)(H,26,28)/t14?,15?,16?,20-,21?,24?/m1/s1. The van der Waals surface area contributed by atoms with Gasteiger partial charge in [0.15, 0.2) is 17.6 Å². The van der Waals surface area contributed by atoms with Crippen LogP contribution in [0.3, 0.4) is 0 Å². The number of amides is 2. The van der Waals surface area contributed by atoms with Crippen molar-refractivity contribution in [1.82, 2.24) is 5.32 Å². The Hall–Kier alpha value is -2.48. The molecule has 2 aliphatic heterocycles. The highest BCUT2D eigenvalue weighted by molar-refractivity contribution is 5.83. The number of ether oxygens (including phenoxy) is 3. The average Bonchev–Trinajstić information content (AvgIpc) is 2.80. The first-order valence-corrected chi connectivity index (χ1v) is 11.9. The number of hydrogen-bond acceptors (Lipinski definition) is 6. The van der Waals surface area contributed by atoms with Gasteiger partial charge in [0.05, 0.1) is 13.2 Å². The van der Waals surface area contributed by atoms with E-state index in [0.717, 1.165) is 55.8 Å². The summed E-state index contributed by atoms with van der Waals surface area (Å²) in [6.07, 6.45) is 4.23. The number of nitrogens with two attached hydrogens (primary N) is 1. The summed E-state index contributed by atoms with van der Waals surface area (Å²) in [5.74, 6) is 2.58. The number of benzene rings is 1. The molecule has 5 fully saturated rings. The summed E-state index contributed by atoms with van der Waals surface area (Å²) in [4.78, 5) is 27.6. The van der Waals surface area contributed by atoms with Gasteiger partial charge in [-0.2, -0.15) is 0 Å². The molecule has 2 unspecified atom stereocenters. The molecular weight excluding hydrogens is 410 g/mol. The van der Waals surface area contributed by atoms with Crippen LogP contribution in [0.1, 0.15) is 32.1 Å². The number of primary amides is 1. The maximum Gasteiger partial charge on any atom is 0.251 e. The van der Waals surface area contributed by atoms with Crippen LogP contribution in [0.25, 0.3) is 0 Å². The number of anilines is 1. The molecule has 0 spiro atoms. The molecule has 8 nitrogen and oxygen atoms in total. The number of carbonyl (C=O) groups is 2. The molecule has 1 saturated heterocycles. The molecule has 4 aliphatic carbocycles. The number of nitrogens with one attached hydrogen (secondary N) is 1. The first kappa shape index (κ1) is 20.1. The second-order valence-corrected chi connectivity index (χ2v) is 10.3. The molecule has 172 valence electrons. The Kier molecular flexibility index (Phi) is 4.75.